The lowest BCUT2D eigenvalue weighted by Crippen LogP contribution is -2.42. The lowest BCUT2D eigenvalue weighted by Gasteiger charge is -2.12. The van der Waals surface area contributed by atoms with E-state index in [1.54, 1.807) is 6.07 Å². The quantitative estimate of drug-likeness (QED) is 0.369. The molecule has 0 unspecified atom stereocenters. The molecule has 12 heteroatoms. The SMILES string of the molecule is COc1cc([N+](=O)[O-])c(OC)cc1SCC(=O)NNC(=O)c1c(Cl)cccc1Cl. The Morgan fingerprint density at radius 1 is 1.10 bits per heavy atom. The molecule has 29 heavy (non-hydrogen) atoms. The fourth-order valence-corrected chi connectivity index (χ4v) is 3.59. The summed E-state index contributed by atoms with van der Waals surface area (Å²) in [6, 6.07) is 7.18. The first-order valence-electron chi connectivity index (χ1n) is 7.84. The van der Waals surface area contributed by atoms with E-state index in [0.29, 0.717) is 4.90 Å². The molecule has 2 rings (SSSR count). The van der Waals surface area contributed by atoms with Gasteiger partial charge in [0.15, 0.2) is 5.75 Å². The summed E-state index contributed by atoms with van der Waals surface area (Å²) in [5, 5.41) is 11.4. The van der Waals surface area contributed by atoms with Crippen molar-refractivity contribution in [1.82, 2.24) is 10.9 Å². The number of nitro groups is 1. The van der Waals surface area contributed by atoms with E-state index >= 15 is 0 Å². The number of methoxy groups -OCH3 is 2. The van der Waals surface area contributed by atoms with Crippen molar-refractivity contribution in [1.29, 1.82) is 0 Å². The molecule has 0 heterocycles. The van der Waals surface area contributed by atoms with Crippen LogP contribution in [0, 0.1) is 10.1 Å². The number of benzene rings is 2. The minimum Gasteiger partial charge on any atom is -0.495 e. The van der Waals surface area contributed by atoms with E-state index in [1.165, 1.54) is 38.5 Å². The molecule has 0 aliphatic rings. The Labute approximate surface area is 179 Å². The molecular formula is C17H15Cl2N3O6S. The fraction of sp³-hybridized carbons (Fsp3) is 0.176. The zero-order valence-corrected chi connectivity index (χ0v) is 17.5. The Balaban J connectivity index is 2.02. The van der Waals surface area contributed by atoms with Crippen LogP contribution in [-0.2, 0) is 4.79 Å². The molecule has 0 atom stereocenters. The first-order chi connectivity index (χ1) is 13.8. The summed E-state index contributed by atoms with van der Waals surface area (Å²) < 4.78 is 10.1. The average Bonchev–Trinajstić information content (AvgIpc) is 2.69. The van der Waals surface area contributed by atoms with Gasteiger partial charge in [0.05, 0.1) is 51.5 Å². The zero-order chi connectivity index (χ0) is 21.6. The van der Waals surface area contributed by atoms with E-state index in [0.717, 1.165) is 11.8 Å². The molecule has 0 aliphatic heterocycles. The van der Waals surface area contributed by atoms with Crippen LogP contribution in [0.15, 0.2) is 35.2 Å². The van der Waals surface area contributed by atoms with Crippen molar-refractivity contribution in [2.75, 3.05) is 20.0 Å². The van der Waals surface area contributed by atoms with Gasteiger partial charge in [-0.1, -0.05) is 29.3 Å². The summed E-state index contributed by atoms with van der Waals surface area (Å²) in [4.78, 5) is 35.1. The molecule has 0 radical (unpaired) electrons. The highest BCUT2D eigenvalue weighted by Crippen LogP contribution is 2.39. The smallest absolute Gasteiger partial charge is 0.314 e. The van der Waals surface area contributed by atoms with Crippen LogP contribution in [-0.4, -0.2) is 36.7 Å². The van der Waals surface area contributed by atoms with Crippen LogP contribution in [0.4, 0.5) is 5.69 Å². The minimum atomic E-state index is -0.673. The summed E-state index contributed by atoms with van der Waals surface area (Å²) >= 11 is 12.9. The normalized spacial score (nSPS) is 10.2. The number of hydrogen-bond donors (Lipinski definition) is 2. The van der Waals surface area contributed by atoms with Gasteiger partial charge in [-0.25, -0.2) is 0 Å². The van der Waals surface area contributed by atoms with Gasteiger partial charge in [0.25, 0.3) is 5.91 Å². The van der Waals surface area contributed by atoms with Crippen molar-refractivity contribution >= 4 is 52.5 Å². The van der Waals surface area contributed by atoms with Gasteiger partial charge in [-0.3, -0.25) is 30.6 Å². The van der Waals surface area contributed by atoms with E-state index in [9.17, 15) is 19.7 Å². The van der Waals surface area contributed by atoms with Gasteiger partial charge < -0.3 is 9.47 Å². The Hall–Kier alpha value is -2.69. The molecule has 154 valence electrons. The molecular weight excluding hydrogens is 445 g/mol. The third kappa shape index (κ3) is 5.66. The van der Waals surface area contributed by atoms with Gasteiger partial charge in [0.2, 0.25) is 5.91 Å². The fourth-order valence-electron chi connectivity index (χ4n) is 2.19. The Kier molecular flexibility index (Phi) is 7.94. The largest absolute Gasteiger partial charge is 0.495 e. The van der Waals surface area contributed by atoms with Crippen LogP contribution < -0.4 is 20.3 Å². The summed E-state index contributed by atoms with van der Waals surface area (Å²) in [5.41, 5.74) is 4.24. The summed E-state index contributed by atoms with van der Waals surface area (Å²) in [6.45, 7) is 0. The van der Waals surface area contributed by atoms with Gasteiger partial charge in [-0.15, -0.1) is 11.8 Å². The minimum absolute atomic E-state index is 0.0281. The van der Waals surface area contributed by atoms with Crippen molar-refractivity contribution < 1.29 is 24.0 Å². The summed E-state index contributed by atoms with van der Waals surface area (Å²) in [5.74, 6) is -1.09. The molecule has 9 nitrogen and oxygen atoms in total. The number of thioether (sulfide) groups is 1. The number of amides is 2. The predicted molar refractivity (Wildman–Crippen MR) is 109 cm³/mol. The van der Waals surface area contributed by atoms with Crippen LogP contribution in [0.5, 0.6) is 11.5 Å². The highest BCUT2D eigenvalue weighted by molar-refractivity contribution is 8.00. The van der Waals surface area contributed by atoms with E-state index in [4.69, 9.17) is 32.7 Å². The van der Waals surface area contributed by atoms with Gasteiger partial charge in [-0.05, 0) is 12.1 Å². The second-order valence-corrected chi connectivity index (χ2v) is 7.15. The second kappa shape index (κ2) is 10.2. The number of carbonyl (C=O) groups is 2. The molecule has 2 aromatic rings. The van der Waals surface area contributed by atoms with Crippen LogP contribution in [0.1, 0.15) is 10.4 Å². The van der Waals surface area contributed by atoms with Gasteiger partial charge in [0, 0.05) is 6.07 Å². The van der Waals surface area contributed by atoms with Gasteiger partial charge in [-0.2, -0.15) is 0 Å². The van der Waals surface area contributed by atoms with E-state index in [-0.39, 0.29) is 38.5 Å². The van der Waals surface area contributed by atoms with Crippen LogP contribution in [0.2, 0.25) is 10.0 Å². The topological polar surface area (TPSA) is 120 Å². The van der Waals surface area contributed by atoms with Crippen molar-refractivity contribution in [3.8, 4) is 11.5 Å². The Morgan fingerprint density at radius 3 is 2.28 bits per heavy atom. The average molecular weight is 460 g/mol. The van der Waals surface area contributed by atoms with Crippen LogP contribution in [0.25, 0.3) is 0 Å². The number of rotatable bonds is 7. The molecule has 2 aromatic carbocycles. The maximum Gasteiger partial charge on any atom is 0.314 e. The number of hydrogen-bond acceptors (Lipinski definition) is 7. The number of ether oxygens (including phenoxy) is 2. The molecule has 0 saturated heterocycles. The predicted octanol–water partition coefficient (Wildman–Crippen LogP) is 3.47. The number of carbonyl (C=O) groups excluding carboxylic acids is 2. The number of hydrazine groups is 1. The Morgan fingerprint density at radius 2 is 1.72 bits per heavy atom. The monoisotopic (exact) mass is 459 g/mol. The maximum absolute atomic E-state index is 12.1. The van der Waals surface area contributed by atoms with Gasteiger partial charge >= 0.3 is 5.69 Å². The first kappa shape index (κ1) is 22.6. The molecule has 0 aromatic heterocycles. The lowest BCUT2D eigenvalue weighted by atomic mass is 10.2. The van der Waals surface area contributed by atoms with Crippen LogP contribution in [0.3, 0.4) is 0 Å². The third-order valence-corrected chi connectivity index (χ3v) is 5.19. The molecule has 0 saturated carbocycles. The molecule has 2 amide bonds. The number of nitrogens with zero attached hydrogens (tertiary/aromatic N) is 1. The number of halogens is 2. The number of nitrogens with one attached hydrogen (secondary N) is 2. The first-order valence-corrected chi connectivity index (χ1v) is 9.59. The van der Waals surface area contributed by atoms with Crippen molar-refractivity contribution in [3.05, 3.63) is 56.1 Å². The van der Waals surface area contributed by atoms with Crippen molar-refractivity contribution in [2.45, 2.75) is 4.90 Å². The molecule has 0 aliphatic carbocycles. The second-order valence-electron chi connectivity index (χ2n) is 5.32. The summed E-state index contributed by atoms with van der Waals surface area (Å²) in [6.07, 6.45) is 0. The highest BCUT2D eigenvalue weighted by Gasteiger charge is 2.21. The van der Waals surface area contributed by atoms with Crippen LogP contribution >= 0.6 is 35.0 Å². The summed E-state index contributed by atoms with van der Waals surface area (Å²) in [7, 11) is 2.65. The standard InChI is InChI=1S/C17H15Cl2N3O6S/c1-27-12-7-14(13(28-2)6-11(12)22(25)26)29-8-15(23)20-21-17(24)16-9(18)4-3-5-10(16)19/h3-7H,8H2,1-2H3,(H,20,23)(H,21,24). The van der Waals surface area contributed by atoms with E-state index in [1.807, 2.05) is 0 Å². The van der Waals surface area contributed by atoms with Gasteiger partial charge in [0.1, 0.15) is 5.75 Å². The third-order valence-electron chi connectivity index (χ3n) is 3.53. The Bertz CT molecular complexity index is 937. The maximum atomic E-state index is 12.1. The van der Waals surface area contributed by atoms with E-state index in [2.05, 4.69) is 10.9 Å². The molecule has 0 bridgehead atoms. The molecule has 2 N–H and O–H groups in total. The van der Waals surface area contributed by atoms with E-state index < -0.39 is 16.7 Å². The molecule has 0 fully saturated rings. The van der Waals surface area contributed by atoms with Crippen molar-refractivity contribution in [3.63, 3.8) is 0 Å². The number of nitro benzene ring substituents is 1. The lowest BCUT2D eigenvalue weighted by molar-refractivity contribution is -0.385. The zero-order valence-electron chi connectivity index (χ0n) is 15.2. The highest BCUT2D eigenvalue weighted by atomic mass is 35.5. The van der Waals surface area contributed by atoms with Crippen molar-refractivity contribution in [2.24, 2.45) is 0 Å². The molecule has 0 spiro atoms.